The number of pyridine rings is 1. The normalized spacial score (nSPS) is 12.9. The average Bonchev–Trinajstić information content (AvgIpc) is 3.90. The van der Waals surface area contributed by atoms with Crippen molar-refractivity contribution in [3.05, 3.63) is 209 Å². The van der Waals surface area contributed by atoms with Gasteiger partial charge in [0.15, 0.2) is 0 Å². The first-order valence-electron chi connectivity index (χ1n) is 23.8. The summed E-state index contributed by atoms with van der Waals surface area (Å²) < 4.78 is 14.0. The molecule has 0 amide bonds. The molecule has 6 aromatic carbocycles. The molecule has 0 fully saturated rings. The van der Waals surface area contributed by atoms with Crippen LogP contribution in [0, 0.1) is 6.33 Å². The Morgan fingerprint density at radius 2 is 1.09 bits per heavy atom. The van der Waals surface area contributed by atoms with Gasteiger partial charge < -0.3 is 4.74 Å². The predicted octanol–water partition coefficient (Wildman–Crippen LogP) is 15.4. The summed E-state index contributed by atoms with van der Waals surface area (Å²) in [7, 11) is 0. The lowest BCUT2D eigenvalue weighted by Gasteiger charge is -2.29. The zero-order valence-electron chi connectivity index (χ0n) is 41.8. The van der Waals surface area contributed by atoms with E-state index in [1.54, 1.807) is 0 Å². The first kappa shape index (κ1) is 45.4. The Morgan fingerprint density at radius 3 is 1.72 bits per heavy atom. The van der Waals surface area contributed by atoms with Gasteiger partial charge in [-0.1, -0.05) is 181 Å². The van der Waals surface area contributed by atoms with E-state index in [0.717, 1.165) is 51.0 Å². The number of fused-ring (bicyclic) bond motifs is 3. The van der Waals surface area contributed by atoms with Gasteiger partial charge in [0.1, 0.15) is 17.3 Å². The zero-order chi connectivity index (χ0) is 47.7. The summed E-state index contributed by atoms with van der Waals surface area (Å²) in [5.41, 5.74) is 11.7. The number of hydrogen-bond acceptors (Lipinski definition) is 2. The number of imidazole rings is 1. The van der Waals surface area contributed by atoms with Crippen LogP contribution in [0.5, 0.6) is 11.5 Å². The summed E-state index contributed by atoms with van der Waals surface area (Å²) in [5, 5.41) is 2.37. The lowest BCUT2D eigenvalue weighted by atomic mass is 9.76. The van der Waals surface area contributed by atoms with Gasteiger partial charge in [0.25, 0.3) is 6.33 Å². The summed E-state index contributed by atoms with van der Waals surface area (Å²) in [5.74, 6) is 2.38. The second-order valence-corrected chi connectivity index (χ2v) is 22.5. The quantitative estimate of drug-likeness (QED) is 0.107. The van der Waals surface area contributed by atoms with E-state index in [2.05, 4.69) is 268 Å². The highest BCUT2D eigenvalue weighted by Crippen LogP contribution is 2.45. The highest BCUT2D eigenvalue weighted by Gasteiger charge is 2.31. The van der Waals surface area contributed by atoms with Gasteiger partial charge in [-0.3, -0.25) is 13.7 Å². The van der Waals surface area contributed by atoms with Crippen LogP contribution >= 0.6 is 0 Å². The molecule has 0 saturated heterocycles. The molecule has 0 bridgehead atoms. The molecule has 0 radical (unpaired) electrons. The van der Waals surface area contributed by atoms with Gasteiger partial charge in [-0.2, -0.15) is 0 Å². The number of benzene rings is 6. The van der Waals surface area contributed by atoms with E-state index < -0.39 is 0 Å². The molecule has 0 N–H and O–H groups in total. The Labute approximate surface area is 398 Å². The van der Waals surface area contributed by atoms with Gasteiger partial charge in [0.2, 0.25) is 0 Å². The van der Waals surface area contributed by atoms with Gasteiger partial charge in [-0.15, -0.1) is 0 Å². The van der Waals surface area contributed by atoms with E-state index in [0.29, 0.717) is 0 Å². The maximum atomic E-state index is 7.32. The number of para-hydroxylation sites is 1. The smallest absolute Gasteiger partial charge is 0.269 e. The molecule has 5 nitrogen and oxygen atoms in total. The second-order valence-electron chi connectivity index (χ2n) is 22.5. The Kier molecular flexibility index (Phi) is 11.2. The average molecular weight is 883 g/mol. The molecule has 0 unspecified atom stereocenters. The van der Waals surface area contributed by atoms with Crippen LogP contribution < -0.4 is 9.30 Å². The summed E-state index contributed by atoms with van der Waals surface area (Å²) >= 11 is 0. The molecule has 9 aromatic rings. The van der Waals surface area contributed by atoms with E-state index >= 15 is 0 Å². The van der Waals surface area contributed by atoms with E-state index in [4.69, 9.17) is 9.72 Å². The third-order valence-corrected chi connectivity index (χ3v) is 13.8. The number of hydrogen-bond donors (Lipinski definition) is 0. The second kappa shape index (κ2) is 16.6. The zero-order valence-corrected chi connectivity index (χ0v) is 41.8. The van der Waals surface area contributed by atoms with Crippen LogP contribution in [0.15, 0.2) is 164 Å². The van der Waals surface area contributed by atoms with Crippen LogP contribution in [-0.4, -0.2) is 14.1 Å². The van der Waals surface area contributed by atoms with Crippen molar-refractivity contribution in [1.29, 1.82) is 0 Å². The summed E-state index contributed by atoms with van der Waals surface area (Å²) in [6.45, 7) is 29.6. The summed E-state index contributed by atoms with van der Waals surface area (Å²) in [6, 6.07) is 54.8. The van der Waals surface area contributed by atoms with Crippen LogP contribution in [0.3, 0.4) is 0 Å². The van der Waals surface area contributed by atoms with Gasteiger partial charge in [-0.05, 0) is 104 Å². The van der Waals surface area contributed by atoms with Crippen molar-refractivity contribution >= 4 is 21.8 Å². The van der Waals surface area contributed by atoms with Gasteiger partial charge >= 0.3 is 0 Å². The molecule has 0 aliphatic carbocycles. The number of aromatic nitrogens is 4. The Balaban J connectivity index is 1.28. The number of nitrogens with zero attached hydrogens (tertiary/aromatic N) is 4. The Bertz CT molecular complexity index is 3240. The third-order valence-electron chi connectivity index (χ3n) is 13.8. The first-order chi connectivity index (χ1) is 31.6. The Morgan fingerprint density at radius 1 is 0.493 bits per heavy atom. The van der Waals surface area contributed by atoms with Gasteiger partial charge in [0.05, 0.1) is 28.1 Å². The highest BCUT2D eigenvalue weighted by molar-refractivity contribution is 6.11. The standard InChI is InChI=1S/C62H66N4O/c1-58(2,3)42-28-30-47(31-29-42)65-41-64(40-55(65)60(7,8)9)48-34-46(61(10,11)43-22-16-14-17-23-43)35-49(37-48)67-50-38-52(62(12,13)44-24-18-15-19-25-44)57-51-26-20-21-27-53(51)66(54(57)39-50)56-36-45(32-33-63-56)59(4,5)6/h14-40H,1-13H3. The molecule has 9 rings (SSSR count). The minimum absolute atomic E-state index is 0.0532. The number of rotatable bonds is 9. The lowest BCUT2D eigenvalue weighted by molar-refractivity contribution is -0.611. The van der Waals surface area contributed by atoms with Crippen LogP contribution in [0.25, 0.3) is 39.0 Å². The van der Waals surface area contributed by atoms with E-state index in [1.165, 1.54) is 38.6 Å². The monoisotopic (exact) mass is 883 g/mol. The van der Waals surface area contributed by atoms with E-state index in [9.17, 15) is 0 Å². The maximum Gasteiger partial charge on any atom is 0.269 e. The van der Waals surface area contributed by atoms with Crippen LogP contribution in [0.2, 0.25) is 0 Å². The number of ether oxygens (including phenoxy) is 1. The van der Waals surface area contributed by atoms with Crippen molar-refractivity contribution in [1.82, 2.24) is 14.1 Å². The van der Waals surface area contributed by atoms with Gasteiger partial charge in [-0.25, -0.2) is 4.98 Å². The molecule has 3 aromatic heterocycles. The van der Waals surface area contributed by atoms with Crippen molar-refractivity contribution in [2.75, 3.05) is 0 Å². The van der Waals surface area contributed by atoms with Crippen molar-refractivity contribution < 1.29 is 9.30 Å². The van der Waals surface area contributed by atoms with Crippen LogP contribution in [-0.2, 0) is 27.1 Å². The molecule has 0 atom stereocenters. The summed E-state index contributed by atoms with van der Waals surface area (Å²) in [4.78, 5) is 5.05. The van der Waals surface area contributed by atoms with Crippen LogP contribution in [0.4, 0.5) is 0 Å². The molecule has 67 heavy (non-hydrogen) atoms. The summed E-state index contributed by atoms with van der Waals surface area (Å²) in [6.07, 6.45) is 7.96. The van der Waals surface area contributed by atoms with Crippen LogP contribution in [0.1, 0.15) is 129 Å². The minimum Gasteiger partial charge on any atom is -0.458 e. The molecule has 0 spiro atoms. The van der Waals surface area contributed by atoms with Crippen molar-refractivity contribution in [2.45, 2.75) is 117 Å². The molecular formula is C62H66N4O. The van der Waals surface area contributed by atoms with Crippen molar-refractivity contribution in [3.8, 4) is 28.7 Å². The van der Waals surface area contributed by atoms with Crippen molar-refractivity contribution in [3.63, 3.8) is 0 Å². The minimum atomic E-state index is -0.390. The largest absolute Gasteiger partial charge is 0.458 e. The fourth-order valence-electron chi connectivity index (χ4n) is 9.53. The predicted molar refractivity (Wildman–Crippen MR) is 278 cm³/mol. The molecule has 0 aliphatic rings. The fourth-order valence-corrected chi connectivity index (χ4v) is 9.53. The highest BCUT2D eigenvalue weighted by atomic mass is 16.5. The molecular weight excluding hydrogens is 817 g/mol. The lowest BCUT2D eigenvalue weighted by Crippen LogP contribution is -2.38. The van der Waals surface area contributed by atoms with Gasteiger partial charge in [0, 0.05) is 40.1 Å². The molecule has 340 valence electrons. The molecule has 3 heterocycles. The maximum absolute atomic E-state index is 7.32. The van der Waals surface area contributed by atoms with E-state index in [-0.39, 0.29) is 27.1 Å². The SMILES string of the molecule is CC(C)(C)c1ccc(-[n+]2[c-]n(-c3cc(Oc4cc(C(C)(C)c5ccccc5)c5c6ccccc6n(-c6cc(C(C)(C)C)ccn6)c5c4)cc(C(C)(C)c4ccccc4)c3)cc2C(C)(C)C)cc1. The molecule has 5 heteroatoms. The first-order valence-corrected chi connectivity index (χ1v) is 23.8. The topological polar surface area (TPSA) is 35.9 Å². The third kappa shape index (κ3) is 8.61. The fraction of sp³-hybridized carbons (Fsp3) is 0.290. The molecule has 0 saturated carbocycles. The molecule has 0 aliphatic heterocycles. The van der Waals surface area contributed by atoms with Crippen molar-refractivity contribution in [2.24, 2.45) is 0 Å². The van der Waals surface area contributed by atoms with E-state index in [1.807, 2.05) is 6.20 Å². The Hall–Kier alpha value is -6.72.